The van der Waals surface area contributed by atoms with Gasteiger partial charge in [-0.2, -0.15) is 5.26 Å². The lowest BCUT2D eigenvalue weighted by Gasteiger charge is -2.38. The van der Waals surface area contributed by atoms with Crippen molar-refractivity contribution >= 4 is 11.9 Å². The molecule has 2 fully saturated rings. The number of nitriles is 1. The minimum Gasteiger partial charge on any atom is -0.317 e. The molecule has 0 saturated carbocycles. The van der Waals surface area contributed by atoms with Crippen LogP contribution in [0.15, 0.2) is 24.3 Å². The third kappa shape index (κ3) is 2.14. The molecule has 114 valence electrons. The van der Waals surface area contributed by atoms with Gasteiger partial charge in [0.15, 0.2) is 0 Å². The topological polar surface area (TPSA) is 76.4 Å². The average Bonchev–Trinajstić information content (AvgIpc) is 2.73. The van der Waals surface area contributed by atoms with E-state index in [1.54, 1.807) is 24.1 Å². The van der Waals surface area contributed by atoms with E-state index in [1.165, 1.54) is 4.90 Å². The Morgan fingerprint density at radius 1 is 1.23 bits per heavy atom. The van der Waals surface area contributed by atoms with Crippen molar-refractivity contribution in [2.45, 2.75) is 24.9 Å². The molecule has 0 unspecified atom stereocenters. The second-order valence-corrected chi connectivity index (χ2v) is 5.82. The highest BCUT2D eigenvalue weighted by Crippen LogP contribution is 2.36. The molecule has 2 aliphatic heterocycles. The maximum atomic E-state index is 12.6. The number of hydrogen-bond donors (Lipinski definition) is 1. The molecule has 0 aliphatic carbocycles. The Bertz CT molecular complexity index is 641. The monoisotopic (exact) mass is 298 g/mol. The van der Waals surface area contributed by atoms with E-state index >= 15 is 0 Å². The van der Waals surface area contributed by atoms with Crippen LogP contribution in [0.25, 0.3) is 0 Å². The van der Waals surface area contributed by atoms with Crippen molar-refractivity contribution in [2.24, 2.45) is 0 Å². The molecule has 0 bridgehead atoms. The van der Waals surface area contributed by atoms with Crippen molar-refractivity contribution in [3.8, 4) is 6.07 Å². The molecule has 2 aliphatic rings. The van der Waals surface area contributed by atoms with E-state index in [0.717, 1.165) is 18.7 Å². The van der Waals surface area contributed by atoms with Crippen LogP contribution < -0.4 is 5.32 Å². The molecule has 3 rings (SSSR count). The van der Waals surface area contributed by atoms with E-state index in [-0.39, 0.29) is 11.9 Å². The summed E-state index contributed by atoms with van der Waals surface area (Å²) in [5, 5.41) is 12.1. The minimum atomic E-state index is -0.717. The standard InChI is InChI=1S/C16H18N4O2/c1-19-14(21)16(6-8-18-9-7-16)20(15(19)22)11-13-4-2-12(10-17)3-5-13/h2-5,18H,6-9,11H2,1H3. The van der Waals surface area contributed by atoms with Gasteiger partial charge >= 0.3 is 6.03 Å². The van der Waals surface area contributed by atoms with Gasteiger partial charge in [-0.15, -0.1) is 0 Å². The van der Waals surface area contributed by atoms with E-state index in [2.05, 4.69) is 11.4 Å². The Morgan fingerprint density at radius 3 is 2.45 bits per heavy atom. The minimum absolute atomic E-state index is 0.104. The highest BCUT2D eigenvalue weighted by Gasteiger charge is 2.55. The summed E-state index contributed by atoms with van der Waals surface area (Å²) >= 11 is 0. The molecule has 0 aromatic heterocycles. The lowest BCUT2D eigenvalue weighted by atomic mass is 9.86. The molecule has 2 heterocycles. The van der Waals surface area contributed by atoms with E-state index in [9.17, 15) is 9.59 Å². The van der Waals surface area contributed by atoms with E-state index in [0.29, 0.717) is 24.9 Å². The van der Waals surface area contributed by atoms with Crippen molar-refractivity contribution in [3.63, 3.8) is 0 Å². The number of nitrogens with zero attached hydrogens (tertiary/aromatic N) is 3. The molecule has 6 nitrogen and oxygen atoms in total. The fourth-order valence-electron chi connectivity index (χ4n) is 3.29. The number of urea groups is 1. The highest BCUT2D eigenvalue weighted by atomic mass is 16.2. The highest BCUT2D eigenvalue weighted by molar-refractivity contribution is 6.06. The van der Waals surface area contributed by atoms with Crippen LogP contribution in [0.3, 0.4) is 0 Å². The zero-order valence-electron chi connectivity index (χ0n) is 12.5. The number of benzene rings is 1. The van der Waals surface area contributed by atoms with Gasteiger partial charge in [0.1, 0.15) is 5.54 Å². The van der Waals surface area contributed by atoms with Crippen molar-refractivity contribution in [1.29, 1.82) is 5.26 Å². The van der Waals surface area contributed by atoms with Gasteiger partial charge in [-0.1, -0.05) is 12.1 Å². The number of carbonyl (C=O) groups is 2. The summed E-state index contributed by atoms with van der Waals surface area (Å²) in [5.74, 6) is -0.104. The van der Waals surface area contributed by atoms with Crippen LogP contribution >= 0.6 is 0 Å². The Labute approximate surface area is 129 Å². The second kappa shape index (κ2) is 5.43. The lowest BCUT2D eigenvalue weighted by molar-refractivity contribution is -0.133. The molecule has 1 N–H and O–H groups in total. The first-order valence-corrected chi connectivity index (χ1v) is 7.38. The summed E-state index contributed by atoms with van der Waals surface area (Å²) < 4.78 is 0. The molecule has 3 amide bonds. The Morgan fingerprint density at radius 2 is 1.86 bits per heavy atom. The summed E-state index contributed by atoms with van der Waals surface area (Å²) in [4.78, 5) is 28.0. The summed E-state index contributed by atoms with van der Waals surface area (Å²) in [6.45, 7) is 1.86. The average molecular weight is 298 g/mol. The van der Waals surface area contributed by atoms with Crippen molar-refractivity contribution in [2.75, 3.05) is 20.1 Å². The number of carbonyl (C=O) groups excluding carboxylic acids is 2. The van der Waals surface area contributed by atoms with E-state index < -0.39 is 5.54 Å². The summed E-state index contributed by atoms with van der Waals surface area (Å²) in [6, 6.07) is 8.98. The molecular weight excluding hydrogens is 280 g/mol. The normalized spacial score (nSPS) is 20.5. The summed E-state index contributed by atoms with van der Waals surface area (Å²) in [5.41, 5.74) is 0.792. The van der Waals surface area contributed by atoms with Crippen molar-refractivity contribution < 1.29 is 9.59 Å². The molecular formula is C16H18N4O2. The van der Waals surface area contributed by atoms with Gasteiger partial charge in [0.05, 0.1) is 11.6 Å². The van der Waals surface area contributed by atoms with Crippen molar-refractivity contribution in [3.05, 3.63) is 35.4 Å². The fourth-order valence-corrected chi connectivity index (χ4v) is 3.29. The predicted octanol–water partition coefficient (Wildman–Crippen LogP) is 1.07. The zero-order chi connectivity index (χ0) is 15.7. The first kappa shape index (κ1) is 14.5. The molecule has 1 aromatic carbocycles. The fraction of sp³-hybridized carbons (Fsp3) is 0.438. The smallest absolute Gasteiger partial charge is 0.317 e. The molecule has 2 saturated heterocycles. The van der Waals surface area contributed by atoms with Crippen LogP contribution in [-0.2, 0) is 11.3 Å². The Balaban J connectivity index is 1.90. The Kier molecular flexibility index (Phi) is 3.59. The van der Waals surface area contributed by atoms with Crippen LogP contribution in [-0.4, -0.2) is 47.4 Å². The van der Waals surface area contributed by atoms with Gasteiger partial charge in [0, 0.05) is 13.6 Å². The molecule has 6 heteroatoms. The van der Waals surface area contributed by atoms with Crippen LogP contribution in [0.5, 0.6) is 0 Å². The third-order valence-corrected chi connectivity index (χ3v) is 4.59. The van der Waals surface area contributed by atoms with Crippen molar-refractivity contribution in [1.82, 2.24) is 15.1 Å². The van der Waals surface area contributed by atoms with E-state index in [1.807, 2.05) is 12.1 Å². The number of imide groups is 1. The first-order chi connectivity index (χ1) is 10.6. The number of nitrogens with one attached hydrogen (secondary N) is 1. The summed E-state index contributed by atoms with van der Waals surface area (Å²) in [6.07, 6.45) is 1.27. The van der Waals surface area contributed by atoms with Crippen LogP contribution in [0.1, 0.15) is 24.0 Å². The number of rotatable bonds is 2. The van der Waals surface area contributed by atoms with Crippen LogP contribution in [0.2, 0.25) is 0 Å². The van der Waals surface area contributed by atoms with Crippen LogP contribution in [0.4, 0.5) is 4.79 Å². The maximum absolute atomic E-state index is 12.6. The SMILES string of the molecule is CN1C(=O)N(Cc2ccc(C#N)cc2)C2(CCNCC2)C1=O. The van der Waals surface area contributed by atoms with Gasteiger partial charge in [0.25, 0.3) is 5.91 Å². The molecule has 0 atom stereocenters. The van der Waals surface area contributed by atoms with Crippen LogP contribution in [0, 0.1) is 11.3 Å². The number of amides is 3. The molecule has 1 spiro atoms. The summed E-state index contributed by atoms with van der Waals surface area (Å²) in [7, 11) is 1.55. The molecule has 22 heavy (non-hydrogen) atoms. The number of piperidine rings is 1. The maximum Gasteiger partial charge on any atom is 0.327 e. The quantitative estimate of drug-likeness (QED) is 0.829. The van der Waals surface area contributed by atoms with E-state index in [4.69, 9.17) is 5.26 Å². The van der Waals surface area contributed by atoms with Gasteiger partial charge in [-0.25, -0.2) is 4.79 Å². The third-order valence-electron chi connectivity index (χ3n) is 4.59. The lowest BCUT2D eigenvalue weighted by Crippen LogP contribution is -2.55. The predicted molar refractivity (Wildman–Crippen MR) is 79.7 cm³/mol. The number of hydrogen-bond acceptors (Lipinski definition) is 4. The molecule has 1 aromatic rings. The second-order valence-electron chi connectivity index (χ2n) is 5.82. The number of likely N-dealkylation sites (N-methyl/N-ethyl adjacent to an activating group) is 1. The van der Waals surface area contributed by atoms with Gasteiger partial charge in [-0.05, 0) is 43.6 Å². The first-order valence-electron chi connectivity index (χ1n) is 7.38. The Hall–Kier alpha value is -2.39. The largest absolute Gasteiger partial charge is 0.327 e. The van der Waals surface area contributed by atoms with Gasteiger partial charge in [-0.3, -0.25) is 9.69 Å². The van der Waals surface area contributed by atoms with Gasteiger partial charge in [0.2, 0.25) is 0 Å². The van der Waals surface area contributed by atoms with Gasteiger partial charge < -0.3 is 10.2 Å². The zero-order valence-corrected chi connectivity index (χ0v) is 12.5. The molecule has 0 radical (unpaired) electrons.